The van der Waals surface area contributed by atoms with E-state index in [1.807, 2.05) is 20.9 Å². The highest BCUT2D eigenvalue weighted by molar-refractivity contribution is 5.86. The van der Waals surface area contributed by atoms with E-state index in [9.17, 15) is 0 Å². The molecule has 1 atom stereocenters. The number of hydrogen-bond donors (Lipinski definition) is 2. The summed E-state index contributed by atoms with van der Waals surface area (Å²) in [5.41, 5.74) is 3.96. The van der Waals surface area contributed by atoms with Crippen LogP contribution in [0, 0.1) is 13.8 Å². The number of fused-ring (bicyclic) bond motifs is 1. The van der Waals surface area contributed by atoms with Gasteiger partial charge in [-0.25, -0.2) is 9.97 Å². The van der Waals surface area contributed by atoms with Gasteiger partial charge in [-0.2, -0.15) is 10.2 Å². The Hall–Kier alpha value is -2.48. The molecule has 0 aromatic carbocycles. The predicted octanol–water partition coefficient (Wildman–Crippen LogP) is 2.02. The smallest absolute Gasteiger partial charge is 0.163 e. The first-order valence-corrected chi connectivity index (χ1v) is 7.46. The van der Waals surface area contributed by atoms with Gasteiger partial charge in [0.25, 0.3) is 0 Å². The summed E-state index contributed by atoms with van der Waals surface area (Å²) < 4.78 is 6.90. The molecule has 3 heterocycles. The third kappa shape index (κ3) is 2.77. The zero-order chi connectivity index (χ0) is 16.6. The van der Waals surface area contributed by atoms with Gasteiger partial charge in [0.15, 0.2) is 11.5 Å². The van der Waals surface area contributed by atoms with Crippen LogP contribution in [0.25, 0.3) is 11.0 Å². The summed E-state index contributed by atoms with van der Waals surface area (Å²) in [5, 5.41) is 15.9. The standard InChI is InChI=1S/C15H21N7O/c1-8(13-9(2)20-21-10(13)3)17-14-11-6-16-22(4)15(11)19-12(18-14)7-23-5/h6,8H,7H2,1-5H3,(H,20,21)(H,17,18,19)/t8-/m1/s1. The van der Waals surface area contributed by atoms with Crippen LogP contribution in [0.1, 0.15) is 35.7 Å². The van der Waals surface area contributed by atoms with Crippen LogP contribution < -0.4 is 5.32 Å². The van der Waals surface area contributed by atoms with E-state index < -0.39 is 0 Å². The number of aromatic nitrogens is 6. The van der Waals surface area contributed by atoms with Crippen LogP contribution in [0.2, 0.25) is 0 Å². The Balaban J connectivity index is 2.01. The van der Waals surface area contributed by atoms with Gasteiger partial charge in [-0.05, 0) is 20.8 Å². The van der Waals surface area contributed by atoms with Gasteiger partial charge < -0.3 is 10.1 Å². The van der Waals surface area contributed by atoms with Crippen molar-refractivity contribution in [3.05, 3.63) is 29.0 Å². The second-order valence-electron chi connectivity index (χ2n) is 5.64. The summed E-state index contributed by atoms with van der Waals surface area (Å²) in [6.45, 7) is 6.45. The maximum Gasteiger partial charge on any atom is 0.163 e. The molecule has 0 unspecified atom stereocenters. The lowest BCUT2D eigenvalue weighted by Crippen LogP contribution is -2.12. The second kappa shape index (κ2) is 5.96. The number of nitrogens with one attached hydrogen (secondary N) is 2. The predicted molar refractivity (Wildman–Crippen MR) is 87.1 cm³/mol. The molecule has 3 rings (SSSR count). The number of hydrogen-bond acceptors (Lipinski definition) is 6. The molecule has 0 aliphatic heterocycles. The zero-order valence-corrected chi connectivity index (χ0v) is 14.0. The first-order valence-electron chi connectivity index (χ1n) is 7.46. The molecule has 0 saturated heterocycles. The van der Waals surface area contributed by atoms with Crippen LogP contribution in [0.3, 0.4) is 0 Å². The minimum absolute atomic E-state index is 0.0578. The molecular formula is C15H21N7O. The molecule has 23 heavy (non-hydrogen) atoms. The Morgan fingerprint density at radius 3 is 2.78 bits per heavy atom. The van der Waals surface area contributed by atoms with Crippen molar-refractivity contribution >= 4 is 16.9 Å². The van der Waals surface area contributed by atoms with Gasteiger partial charge in [0.1, 0.15) is 12.4 Å². The van der Waals surface area contributed by atoms with Gasteiger partial charge >= 0.3 is 0 Å². The van der Waals surface area contributed by atoms with Crippen molar-refractivity contribution in [1.82, 2.24) is 29.9 Å². The zero-order valence-electron chi connectivity index (χ0n) is 14.0. The molecule has 0 aliphatic rings. The van der Waals surface area contributed by atoms with Crippen molar-refractivity contribution in [2.45, 2.75) is 33.4 Å². The van der Waals surface area contributed by atoms with E-state index in [0.29, 0.717) is 12.4 Å². The SMILES string of the molecule is COCc1nc(N[C@H](C)c2c(C)n[nH]c2C)c2cnn(C)c2n1. The number of rotatable bonds is 5. The summed E-state index contributed by atoms with van der Waals surface area (Å²) >= 11 is 0. The van der Waals surface area contributed by atoms with E-state index in [4.69, 9.17) is 4.74 Å². The Morgan fingerprint density at radius 1 is 1.35 bits per heavy atom. The van der Waals surface area contributed by atoms with Crippen molar-refractivity contribution in [3.8, 4) is 0 Å². The van der Waals surface area contributed by atoms with Crippen molar-refractivity contribution in [1.29, 1.82) is 0 Å². The number of H-pyrrole nitrogens is 1. The van der Waals surface area contributed by atoms with Gasteiger partial charge in [0.05, 0.1) is 23.3 Å². The number of ether oxygens (including phenoxy) is 1. The summed E-state index contributed by atoms with van der Waals surface area (Å²) in [7, 11) is 3.49. The van der Waals surface area contributed by atoms with Gasteiger partial charge in [0, 0.05) is 25.4 Å². The molecule has 3 aromatic heterocycles. The largest absolute Gasteiger partial charge is 0.377 e. The fourth-order valence-corrected chi connectivity index (χ4v) is 2.85. The van der Waals surface area contributed by atoms with Crippen molar-refractivity contribution in [3.63, 3.8) is 0 Å². The highest BCUT2D eigenvalue weighted by Crippen LogP contribution is 2.27. The molecule has 0 amide bonds. The summed E-state index contributed by atoms with van der Waals surface area (Å²) in [6, 6.07) is 0.0578. The molecule has 3 aromatic rings. The topological polar surface area (TPSA) is 93.5 Å². The Morgan fingerprint density at radius 2 is 2.13 bits per heavy atom. The van der Waals surface area contributed by atoms with Gasteiger partial charge in [0.2, 0.25) is 0 Å². The van der Waals surface area contributed by atoms with Crippen molar-refractivity contribution in [2.24, 2.45) is 7.05 Å². The Bertz CT molecular complexity index is 816. The molecule has 0 spiro atoms. The number of anilines is 1. The van der Waals surface area contributed by atoms with Gasteiger partial charge in [-0.1, -0.05) is 0 Å². The van der Waals surface area contributed by atoms with Gasteiger partial charge in [-0.3, -0.25) is 9.78 Å². The average molecular weight is 315 g/mol. The minimum atomic E-state index is 0.0578. The fourth-order valence-electron chi connectivity index (χ4n) is 2.85. The maximum atomic E-state index is 5.17. The van der Waals surface area contributed by atoms with Crippen molar-refractivity contribution in [2.75, 3.05) is 12.4 Å². The molecule has 0 radical (unpaired) electrons. The molecule has 0 aliphatic carbocycles. The molecular weight excluding hydrogens is 294 g/mol. The molecule has 8 heteroatoms. The number of methoxy groups -OCH3 is 1. The molecule has 0 fully saturated rings. The first kappa shape index (κ1) is 15.4. The summed E-state index contributed by atoms with van der Waals surface area (Å²) in [4.78, 5) is 9.08. The van der Waals surface area contributed by atoms with Gasteiger partial charge in [-0.15, -0.1) is 0 Å². The molecule has 2 N–H and O–H groups in total. The fraction of sp³-hybridized carbons (Fsp3) is 0.467. The molecule has 122 valence electrons. The highest BCUT2D eigenvalue weighted by atomic mass is 16.5. The molecule has 8 nitrogen and oxygen atoms in total. The van der Waals surface area contributed by atoms with Crippen molar-refractivity contribution < 1.29 is 4.74 Å². The number of aryl methyl sites for hydroxylation is 3. The lowest BCUT2D eigenvalue weighted by atomic mass is 10.1. The third-order valence-electron chi connectivity index (χ3n) is 3.88. The lowest BCUT2D eigenvalue weighted by molar-refractivity contribution is 0.178. The van der Waals surface area contributed by atoms with Crippen LogP contribution in [-0.4, -0.2) is 37.1 Å². The van der Waals surface area contributed by atoms with Crippen LogP contribution in [0.15, 0.2) is 6.20 Å². The molecule has 0 saturated carbocycles. The number of nitrogens with zero attached hydrogens (tertiary/aromatic N) is 5. The Labute approximate surface area is 134 Å². The third-order valence-corrected chi connectivity index (χ3v) is 3.88. The second-order valence-corrected chi connectivity index (χ2v) is 5.64. The average Bonchev–Trinajstić information content (AvgIpc) is 3.03. The normalized spacial score (nSPS) is 12.7. The first-order chi connectivity index (χ1) is 11.0. The monoisotopic (exact) mass is 315 g/mol. The van der Waals surface area contributed by atoms with Crippen LogP contribution >= 0.6 is 0 Å². The van der Waals surface area contributed by atoms with E-state index in [-0.39, 0.29) is 6.04 Å². The summed E-state index contributed by atoms with van der Waals surface area (Å²) in [5.74, 6) is 1.38. The number of aromatic amines is 1. The Kier molecular flexibility index (Phi) is 3.99. The van der Waals surface area contributed by atoms with Crippen LogP contribution in [-0.2, 0) is 18.4 Å². The summed E-state index contributed by atoms with van der Waals surface area (Å²) in [6.07, 6.45) is 1.77. The van der Waals surface area contributed by atoms with E-state index in [1.165, 1.54) is 0 Å². The van der Waals surface area contributed by atoms with E-state index >= 15 is 0 Å². The van der Waals surface area contributed by atoms with E-state index in [0.717, 1.165) is 33.8 Å². The highest BCUT2D eigenvalue weighted by Gasteiger charge is 2.18. The van der Waals surface area contributed by atoms with E-state index in [1.54, 1.807) is 18.0 Å². The van der Waals surface area contributed by atoms with Crippen LogP contribution in [0.4, 0.5) is 5.82 Å². The molecule has 0 bridgehead atoms. The van der Waals surface area contributed by atoms with Crippen LogP contribution in [0.5, 0.6) is 0 Å². The minimum Gasteiger partial charge on any atom is -0.377 e. The quantitative estimate of drug-likeness (QED) is 0.748. The lowest BCUT2D eigenvalue weighted by Gasteiger charge is -2.16. The maximum absolute atomic E-state index is 5.17. The van der Waals surface area contributed by atoms with E-state index in [2.05, 4.69) is 37.5 Å².